The number of hydrogen-bond donors (Lipinski definition) is 2. The summed E-state index contributed by atoms with van der Waals surface area (Å²) >= 11 is 0. The minimum Gasteiger partial charge on any atom is -0.348 e. The molecule has 31 heavy (non-hydrogen) atoms. The van der Waals surface area contributed by atoms with Crippen LogP contribution in [0, 0.1) is 0 Å². The summed E-state index contributed by atoms with van der Waals surface area (Å²) in [5.41, 5.74) is 7.30. The van der Waals surface area contributed by atoms with Gasteiger partial charge in [-0.1, -0.05) is 57.5 Å². The highest BCUT2D eigenvalue weighted by Crippen LogP contribution is 2.48. The van der Waals surface area contributed by atoms with Crippen molar-refractivity contribution in [3.05, 3.63) is 58.7 Å². The van der Waals surface area contributed by atoms with Gasteiger partial charge in [-0.25, -0.2) is 5.43 Å². The van der Waals surface area contributed by atoms with Crippen molar-refractivity contribution in [3.63, 3.8) is 0 Å². The molecule has 1 fully saturated rings. The maximum atomic E-state index is 13.4. The molecule has 2 aliphatic rings. The van der Waals surface area contributed by atoms with Crippen LogP contribution in [0.15, 0.2) is 36.4 Å². The summed E-state index contributed by atoms with van der Waals surface area (Å²) in [4.78, 5) is 0. The van der Waals surface area contributed by atoms with Gasteiger partial charge in [0.2, 0.25) is 5.72 Å². The molecule has 2 aromatic carbocycles. The van der Waals surface area contributed by atoms with Crippen molar-refractivity contribution < 1.29 is 17.9 Å². The first-order valence-electron chi connectivity index (χ1n) is 10.9. The van der Waals surface area contributed by atoms with Crippen molar-refractivity contribution in [2.45, 2.75) is 70.3 Å². The molecule has 0 bridgehead atoms. The molecule has 0 radical (unpaired) electrons. The van der Waals surface area contributed by atoms with Crippen molar-refractivity contribution in [2.24, 2.45) is 5.84 Å². The summed E-state index contributed by atoms with van der Waals surface area (Å²) in [5, 5.41) is 0.540. The number of fused-ring (bicyclic) bond motifs is 3. The number of hydrazine groups is 2. The van der Waals surface area contributed by atoms with Gasteiger partial charge in [0.05, 0.1) is 12.6 Å². The molecular weight excluding hydrogens is 403 g/mol. The van der Waals surface area contributed by atoms with E-state index in [9.17, 15) is 13.2 Å². The minimum absolute atomic E-state index is 0.128. The minimum atomic E-state index is -4.62. The molecule has 0 aromatic heterocycles. The Hall–Kier alpha value is -1.93. The lowest BCUT2D eigenvalue weighted by Crippen LogP contribution is -2.70. The lowest BCUT2D eigenvalue weighted by molar-refractivity contribution is -0.356. The van der Waals surface area contributed by atoms with Gasteiger partial charge in [0.15, 0.2) is 0 Å². The largest absolute Gasteiger partial charge is 0.433 e. The Morgan fingerprint density at radius 3 is 2.29 bits per heavy atom. The average Bonchev–Trinajstić information content (AvgIpc) is 2.73. The second kappa shape index (κ2) is 7.89. The zero-order valence-electron chi connectivity index (χ0n) is 18.4. The maximum Gasteiger partial charge on any atom is 0.433 e. The summed E-state index contributed by atoms with van der Waals surface area (Å²) in [6.45, 7) is 7.44. The van der Waals surface area contributed by atoms with Crippen molar-refractivity contribution in [1.29, 1.82) is 0 Å². The van der Waals surface area contributed by atoms with Crippen LogP contribution in [0.1, 0.15) is 74.2 Å². The van der Waals surface area contributed by atoms with E-state index in [4.69, 9.17) is 10.6 Å². The third-order valence-electron chi connectivity index (χ3n) is 6.97. The van der Waals surface area contributed by atoms with E-state index >= 15 is 0 Å². The van der Waals surface area contributed by atoms with Crippen LogP contribution in [0.5, 0.6) is 0 Å². The second-order valence-corrected chi connectivity index (χ2v) is 8.94. The summed E-state index contributed by atoms with van der Waals surface area (Å²) in [6.07, 6.45) is -2.52. The molecule has 7 heteroatoms. The van der Waals surface area contributed by atoms with E-state index in [0.717, 1.165) is 30.9 Å². The number of aryl methyl sites for hydroxylation is 1. The standard InChI is InChI=1S/C24H30F3N3O/c1-5-6-16-7-9-18-14(2)15(3)19-10-8-17(12-21(19)20(18)11-16)22-13-31-23(4,24(25,26)27)30(28)29-22/h7-12,14-15,22,29H,5-6,13,28H2,1-4H3/t14?,15?,22?,23-/m0/s1. The number of halogens is 3. The highest BCUT2D eigenvalue weighted by atomic mass is 19.4. The van der Waals surface area contributed by atoms with Crippen molar-refractivity contribution in [3.8, 4) is 11.1 Å². The molecule has 0 amide bonds. The first-order valence-corrected chi connectivity index (χ1v) is 10.9. The van der Waals surface area contributed by atoms with Crippen LogP contribution in [0.2, 0.25) is 0 Å². The number of nitrogens with two attached hydrogens (primary N) is 1. The van der Waals surface area contributed by atoms with Crippen molar-refractivity contribution >= 4 is 0 Å². The fourth-order valence-corrected chi connectivity index (χ4v) is 4.67. The lowest BCUT2D eigenvalue weighted by atomic mass is 9.72. The lowest BCUT2D eigenvalue weighted by Gasteiger charge is -2.45. The molecule has 4 nitrogen and oxygen atoms in total. The van der Waals surface area contributed by atoms with Gasteiger partial charge in [-0.15, -0.1) is 5.12 Å². The van der Waals surface area contributed by atoms with Gasteiger partial charge in [-0.3, -0.25) is 5.84 Å². The Labute approximate surface area is 181 Å². The van der Waals surface area contributed by atoms with Gasteiger partial charge in [0.25, 0.3) is 0 Å². The molecule has 0 spiro atoms. The smallest absolute Gasteiger partial charge is 0.348 e. The van der Waals surface area contributed by atoms with Crippen molar-refractivity contribution in [2.75, 3.05) is 6.61 Å². The number of ether oxygens (including phenoxy) is 1. The Morgan fingerprint density at radius 1 is 1.10 bits per heavy atom. The molecular formula is C24H30F3N3O. The van der Waals surface area contributed by atoms with E-state index in [-0.39, 0.29) is 6.61 Å². The Kier molecular flexibility index (Phi) is 5.67. The Balaban J connectivity index is 1.70. The molecule has 1 aliphatic carbocycles. The number of nitrogens with zero attached hydrogens (tertiary/aromatic N) is 1. The van der Waals surface area contributed by atoms with Crippen LogP contribution in [-0.2, 0) is 11.2 Å². The molecule has 0 saturated carbocycles. The van der Waals surface area contributed by atoms with Crippen LogP contribution in [0.4, 0.5) is 13.2 Å². The number of benzene rings is 2. The Bertz CT molecular complexity index is 977. The zero-order chi connectivity index (χ0) is 22.6. The number of alkyl halides is 3. The first-order chi connectivity index (χ1) is 14.6. The van der Waals surface area contributed by atoms with E-state index in [1.54, 1.807) is 0 Å². The quantitative estimate of drug-likeness (QED) is 0.623. The molecule has 4 atom stereocenters. The van der Waals surface area contributed by atoms with Crippen LogP contribution >= 0.6 is 0 Å². The normalized spacial score (nSPS) is 28.8. The van der Waals surface area contributed by atoms with Crippen LogP contribution in [-0.4, -0.2) is 23.6 Å². The highest BCUT2D eigenvalue weighted by molar-refractivity contribution is 5.76. The number of hydrogen-bond acceptors (Lipinski definition) is 4. The number of rotatable bonds is 3. The molecule has 168 valence electrons. The molecule has 4 rings (SSSR count). The van der Waals surface area contributed by atoms with Crippen molar-refractivity contribution in [1.82, 2.24) is 10.5 Å². The van der Waals surface area contributed by atoms with E-state index in [0.29, 0.717) is 17.0 Å². The SMILES string of the molecule is CCCc1ccc2c(c1)-c1cc(C3CO[C@@](C)(C(F)(F)F)N(N)N3)ccc1C(C)C2C. The van der Waals surface area contributed by atoms with Crippen LogP contribution in [0.25, 0.3) is 11.1 Å². The maximum absolute atomic E-state index is 13.4. The van der Waals surface area contributed by atoms with Crippen LogP contribution in [0.3, 0.4) is 0 Å². The van der Waals surface area contributed by atoms with Gasteiger partial charge in [0.1, 0.15) is 0 Å². The summed E-state index contributed by atoms with van der Waals surface area (Å²) in [7, 11) is 0. The fraction of sp³-hybridized carbons (Fsp3) is 0.500. The van der Waals surface area contributed by atoms with Gasteiger partial charge < -0.3 is 4.74 Å². The van der Waals surface area contributed by atoms with E-state index in [1.807, 2.05) is 6.07 Å². The number of nitrogens with one attached hydrogen (secondary N) is 1. The highest BCUT2D eigenvalue weighted by Gasteiger charge is 2.58. The summed E-state index contributed by atoms with van der Waals surface area (Å²) < 4.78 is 45.4. The molecule has 1 saturated heterocycles. The summed E-state index contributed by atoms with van der Waals surface area (Å²) in [5.74, 6) is 6.46. The van der Waals surface area contributed by atoms with Gasteiger partial charge in [-0.2, -0.15) is 13.2 Å². The molecule has 2 aromatic rings. The first kappa shape index (κ1) is 22.3. The predicted octanol–water partition coefficient (Wildman–Crippen LogP) is 5.56. The molecule has 1 aliphatic heterocycles. The molecule has 3 N–H and O–H groups in total. The van der Waals surface area contributed by atoms with E-state index in [1.165, 1.54) is 22.3 Å². The van der Waals surface area contributed by atoms with Gasteiger partial charge in [-0.05, 0) is 64.6 Å². The van der Waals surface area contributed by atoms with Gasteiger partial charge >= 0.3 is 6.18 Å². The third kappa shape index (κ3) is 3.67. The summed E-state index contributed by atoms with van der Waals surface area (Å²) in [6, 6.07) is 12.4. The van der Waals surface area contributed by atoms with Crippen LogP contribution < -0.4 is 11.3 Å². The zero-order valence-corrected chi connectivity index (χ0v) is 18.4. The second-order valence-electron chi connectivity index (χ2n) is 8.94. The predicted molar refractivity (Wildman–Crippen MR) is 115 cm³/mol. The fourth-order valence-electron chi connectivity index (χ4n) is 4.67. The monoisotopic (exact) mass is 433 g/mol. The van der Waals surface area contributed by atoms with E-state index < -0.39 is 17.9 Å². The van der Waals surface area contributed by atoms with E-state index in [2.05, 4.69) is 56.5 Å². The van der Waals surface area contributed by atoms with Gasteiger partial charge in [0, 0.05) is 0 Å². The molecule has 1 heterocycles. The Morgan fingerprint density at radius 2 is 1.71 bits per heavy atom. The molecule has 3 unspecified atom stereocenters. The third-order valence-corrected chi connectivity index (χ3v) is 6.97. The topological polar surface area (TPSA) is 50.5 Å². The average molecular weight is 434 g/mol.